The van der Waals surface area contributed by atoms with E-state index in [4.69, 9.17) is 9.15 Å². The predicted molar refractivity (Wildman–Crippen MR) is 84.3 cm³/mol. The van der Waals surface area contributed by atoms with E-state index in [-0.39, 0.29) is 18.4 Å². The third-order valence-electron chi connectivity index (χ3n) is 4.14. The van der Waals surface area contributed by atoms with Crippen LogP contribution in [0.4, 0.5) is 0 Å². The van der Waals surface area contributed by atoms with Gasteiger partial charge in [-0.25, -0.2) is 4.63 Å². The number of carbonyl (C=O) groups excluding carboxylic acids is 1. The van der Waals surface area contributed by atoms with Crippen molar-refractivity contribution in [2.24, 2.45) is 0 Å². The van der Waals surface area contributed by atoms with Crippen LogP contribution in [-0.2, 0) is 16.0 Å². The minimum atomic E-state index is -0.115. The normalized spacial score (nSPS) is 16.9. The Morgan fingerprint density at radius 2 is 2.08 bits per heavy atom. The predicted octanol–water partition coefficient (Wildman–Crippen LogP) is 1.01. The second-order valence-electron chi connectivity index (χ2n) is 5.89. The summed E-state index contributed by atoms with van der Waals surface area (Å²) < 4.78 is 15.8. The van der Waals surface area contributed by atoms with Crippen molar-refractivity contribution in [3.63, 3.8) is 0 Å². The number of aryl methyl sites for hydroxylation is 2. The number of nitrogens with zero attached hydrogens (tertiary/aromatic N) is 3. The lowest BCUT2D eigenvalue weighted by atomic mass is 10.1. The minimum absolute atomic E-state index is 0.0110. The van der Waals surface area contributed by atoms with E-state index in [1.165, 1.54) is 0 Å². The van der Waals surface area contributed by atoms with E-state index in [2.05, 4.69) is 25.2 Å². The maximum absolute atomic E-state index is 12.2. The molecule has 130 valence electrons. The zero-order valence-corrected chi connectivity index (χ0v) is 13.9. The zero-order valence-electron chi connectivity index (χ0n) is 13.9. The van der Waals surface area contributed by atoms with Gasteiger partial charge in [-0.15, -0.1) is 0 Å². The van der Waals surface area contributed by atoms with E-state index >= 15 is 0 Å². The third kappa shape index (κ3) is 4.01. The van der Waals surface area contributed by atoms with Crippen molar-refractivity contribution in [3.8, 4) is 0 Å². The fourth-order valence-electron chi connectivity index (χ4n) is 2.77. The molecule has 1 unspecified atom stereocenters. The number of rotatable bonds is 6. The van der Waals surface area contributed by atoms with Gasteiger partial charge in [0.25, 0.3) is 0 Å². The fraction of sp³-hybridized carbons (Fsp3) is 0.562. The number of morpholine rings is 1. The quantitative estimate of drug-likeness (QED) is 0.842. The van der Waals surface area contributed by atoms with Crippen molar-refractivity contribution in [1.82, 2.24) is 20.5 Å². The molecule has 3 rings (SSSR count). The number of carbonyl (C=O) groups is 1. The summed E-state index contributed by atoms with van der Waals surface area (Å²) in [5.41, 5.74) is 1.20. The first-order valence-corrected chi connectivity index (χ1v) is 8.06. The van der Waals surface area contributed by atoms with Gasteiger partial charge in [-0.05, 0) is 26.0 Å². The Morgan fingerprint density at radius 3 is 2.71 bits per heavy atom. The molecule has 2 aromatic rings. The SMILES string of the molecule is Cc1ccc(C(CNC(=O)Cc2nonc2C)N2CCOCC2)o1. The zero-order chi connectivity index (χ0) is 16.9. The van der Waals surface area contributed by atoms with Gasteiger partial charge in [0, 0.05) is 19.6 Å². The smallest absolute Gasteiger partial charge is 0.226 e. The van der Waals surface area contributed by atoms with Crippen LogP contribution < -0.4 is 5.32 Å². The van der Waals surface area contributed by atoms with Crippen molar-refractivity contribution in [1.29, 1.82) is 0 Å². The number of ether oxygens (including phenoxy) is 1. The largest absolute Gasteiger partial charge is 0.465 e. The van der Waals surface area contributed by atoms with Gasteiger partial charge in [0.1, 0.15) is 22.9 Å². The molecule has 0 aromatic carbocycles. The monoisotopic (exact) mass is 334 g/mol. The van der Waals surface area contributed by atoms with Crippen molar-refractivity contribution >= 4 is 5.91 Å². The maximum atomic E-state index is 12.2. The van der Waals surface area contributed by atoms with E-state index in [9.17, 15) is 4.79 Å². The first-order chi connectivity index (χ1) is 11.6. The van der Waals surface area contributed by atoms with Gasteiger partial charge in [0.15, 0.2) is 0 Å². The van der Waals surface area contributed by atoms with Crippen LogP contribution in [0, 0.1) is 13.8 Å². The van der Waals surface area contributed by atoms with Gasteiger partial charge in [0.05, 0.1) is 25.7 Å². The molecule has 1 saturated heterocycles. The van der Waals surface area contributed by atoms with Crippen LogP contribution in [-0.4, -0.2) is 54.0 Å². The molecule has 1 N–H and O–H groups in total. The highest BCUT2D eigenvalue weighted by atomic mass is 16.6. The Balaban J connectivity index is 1.63. The number of aromatic nitrogens is 2. The van der Waals surface area contributed by atoms with Crippen LogP contribution in [0.3, 0.4) is 0 Å². The van der Waals surface area contributed by atoms with Crippen LogP contribution >= 0.6 is 0 Å². The summed E-state index contributed by atoms with van der Waals surface area (Å²) in [4.78, 5) is 14.5. The van der Waals surface area contributed by atoms with Gasteiger partial charge in [0.2, 0.25) is 5.91 Å². The summed E-state index contributed by atoms with van der Waals surface area (Å²) in [5, 5.41) is 10.4. The molecule has 2 aromatic heterocycles. The average molecular weight is 334 g/mol. The van der Waals surface area contributed by atoms with Crippen LogP contribution in [0.1, 0.15) is 29.0 Å². The molecule has 24 heavy (non-hydrogen) atoms. The molecule has 1 atom stereocenters. The highest BCUT2D eigenvalue weighted by Crippen LogP contribution is 2.23. The van der Waals surface area contributed by atoms with Crippen LogP contribution in [0.2, 0.25) is 0 Å². The Morgan fingerprint density at radius 1 is 1.29 bits per heavy atom. The number of hydrogen-bond donors (Lipinski definition) is 1. The molecule has 8 nitrogen and oxygen atoms in total. The highest BCUT2D eigenvalue weighted by Gasteiger charge is 2.26. The van der Waals surface area contributed by atoms with E-state index in [0.717, 1.165) is 24.6 Å². The summed E-state index contributed by atoms with van der Waals surface area (Å²) in [6.45, 7) is 7.15. The molecule has 0 bridgehead atoms. The minimum Gasteiger partial charge on any atom is -0.465 e. The first-order valence-electron chi connectivity index (χ1n) is 8.06. The molecule has 1 aliphatic heterocycles. The third-order valence-corrected chi connectivity index (χ3v) is 4.14. The van der Waals surface area contributed by atoms with Gasteiger partial charge >= 0.3 is 0 Å². The maximum Gasteiger partial charge on any atom is 0.226 e. The van der Waals surface area contributed by atoms with E-state index in [0.29, 0.717) is 31.1 Å². The Kier molecular flexibility index (Phi) is 5.27. The lowest BCUT2D eigenvalue weighted by Crippen LogP contribution is -2.44. The van der Waals surface area contributed by atoms with Gasteiger partial charge < -0.3 is 14.5 Å². The Hall–Kier alpha value is -2.19. The Labute approximate surface area is 140 Å². The Bertz CT molecular complexity index is 675. The molecule has 3 heterocycles. The molecule has 0 saturated carbocycles. The van der Waals surface area contributed by atoms with E-state index < -0.39 is 0 Å². The molecule has 1 aliphatic rings. The average Bonchev–Trinajstić information content (AvgIpc) is 3.18. The second kappa shape index (κ2) is 7.59. The van der Waals surface area contributed by atoms with E-state index in [1.54, 1.807) is 6.92 Å². The molecule has 8 heteroatoms. The van der Waals surface area contributed by atoms with Crippen LogP contribution in [0.15, 0.2) is 21.2 Å². The standard InChI is InChI=1S/C16H22N4O4/c1-11-3-4-15(23-11)14(20-5-7-22-8-6-20)10-17-16(21)9-13-12(2)18-24-19-13/h3-4,14H,5-10H2,1-2H3,(H,17,21). The number of nitrogens with one attached hydrogen (secondary N) is 1. The van der Waals surface area contributed by atoms with Crippen LogP contribution in [0.5, 0.6) is 0 Å². The lowest BCUT2D eigenvalue weighted by molar-refractivity contribution is -0.120. The van der Waals surface area contributed by atoms with Gasteiger partial charge in [-0.1, -0.05) is 10.3 Å². The molecular formula is C16H22N4O4. The van der Waals surface area contributed by atoms with Crippen LogP contribution in [0.25, 0.3) is 0 Å². The molecule has 0 radical (unpaired) electrons. The molecule has 1 fully saturated rings. The van der Waals surface area contributed by atoms with Gasteiger partial charge in [-0.3, -0.25) is 9.69 Å². The summed E-state index contributed by atoms with van der Waals surface area (Å²) in [7, 11) is 0. The topological polar surface area (TPSA) is 93.6 Å². The fourth-order valence-corrected chi connectivity index (χ4v) is 2.77. The number of furan rings is 1. The highest BCUT2D eigenvalue weighted by molar-refractivity contribution is 5.78. The number of amides is 1. The summed E-state index contributed by atoms with van der Waals surface area (Å²) in [6, 6.07) is 3.89. The van der Waals surface area contributed by atoms with E-state index in [1.807, 2.05) is 19.1 Å². The van der Waals surface area contributed by atoms with Crippen molar-refractivity contribution in [2.75, 3.05) is 32.8 Å². The second-order valence-corrected chi connectivity index (χ2v) is 5.89. The lowest BCUT2D eigenvalue weighted by Gasteiger charge is -2.33. The molecular weight excluding hydrogens is 312 g/mol. The van der Waals surface area contributed by atoms with Crippen molar-refractivity contribution < 1.29 is 18.6 Å². The van der Waals surface area contributed by atoms with Crippen molar-refractivity contribution in [2.45, 2.75) is 26.3 Å². The molecule has 1 amide bonds. The first kappa shape index (κ1) is 16.7. The number of hydrogen-bond acceptors (Lipinski definition) is 7. The molecule has 0 aliphatic carbocycles. The summed E-state index contributed by atoms with van der Waals surface area (Å²) in [6.07, 6.45) is 0.155. The summed E-state index contributed by atoms with van der Waals surface area (Å²) >= 11 is 0. The van der Waals surface area contributed by atoms with Crippen molar-refractivity contribution in [3.05, 3.63) is 35.0 Å². The molecule has 0 spiro atoms. The summed E-state index contributed by atoms with van der Waals surface area (Å²) in [5.74, 6) is 1.60. The van der Waals surface area contributed by atoms with Gasteiger partial charge in [-0.2, -0.15) is 0 Å².